The van der Waals surface area contributed by atoms with Gasteiger partial charge in [-0.05, 0) is 45.5 Å². The third-order valence-electron chi connectivity index (χ3n) is 4.79. The van der Waals surface area contributed by atoms with Crippen LogP contribution in [0.3, 0.4) is 0 Å². The molecule has 0 atom stereocenters. The van der Waals surface area contributed by atoms with E-state index in [1.54, 1.807) is 0 Å². The van der Waals surface area contributed by atoms with Crippen LogP contribution < -0.4 is 0 Å². The molecule has 4 rings (SSSR count). The van der Waals surface area contributed by atoms with Crippen molar-refractivity contribution in [1.29, 1.82) is 0 Å². The Bertz CT molecular complexity index is 838. The molecule has 0 amide bonds. The Labute approximate surface area is 133 Å². The normalized spacial score (nSPS) is 14.0. The Kier molecular flexibility index (Phi) is 3.56. The summed E-state index contributed by atoms with van der Waals surface area (Å²) < 4.78 is 0. The first-order chi connectivity index (χ1) is 10.6. The molecule has 1 aliphatic carbocycles. The van der Waals surface area contributed by atoms with Gasteiger partial charge >= 0.3 is 0 Å². The summed E-state index contributed by atoms with van der Waals surface area (Å²) in [7, 11) is 0. The van der Waals surface area contributed by atoms with Crippen LogP contribution in [0.15, 0.2) is 54.6 Å². The molecule has 3 aromatic rings. The zero-order valence-corrected chi connectivity index (χ0v) is 14.2. The molecule has 0 aliphatic heterocycles. The lowest BCUT2D eigenvalue weighted by Crippen LogP contribution is -2.15. The van der Waals surface area contributed by atoms with Gasteiger partial charge in [0.05, 0.1) is 0 Å². The van der Waals surface area contributed by atoms with Crippen molar-refractivity contribution >= 4 is 10.8 Å². The first kappa shape index (κ1) is 14.8. The Morgan fingerprint density at radius 1 is 0.727 bits per heavy atom. The van der Waals surface area contributed by atoms with Crippen molar-refractivity contribution in [3.63, 3.8) is 0 Å². The van der Waals surface area contributed by atoms with E-state index < -0.39 is 0 Å². The van der Waals surface area contributed by atoms with Gasteiger partial charge in [0, 0.05) is 5.41 Å². The average molecular weight is 288 g/mol. The highest BCUT2D eigenvalue weighted by Crippen LogP contribution is 2.51. The topological polar surface area (TPSA) is 0 Å². The van der Waals surface area contributed by atoms with Gasteiger partial charge in [0.25, 0.3) is 0 Å². The van der Waals surface area contributed by atoms with Gasteiger partial charge < -0.3 is 0 Å². The monoisotopic (exact) mass is 288 g/mol. The quantitative estimate of drug-likeness (QED) is 0.444. The van der Waals surface area contributed by atoms with Gasteiger partial charge in [-0.2, -0.15) is 0 Å². The molecule has 0 fully saturated rings. The Balaban J connectivity index is 0.000000693. The molecule has 0 unspecified atom stereocenters. The number of hydrogen-bond donors (Lipinski definition) is 0. The maximum Gasteiger partial charge on any atom is 0.0159 e. The van der Waals surface area contributed by atoms with Crippen LogP contribution in [-0.2, 0) is 5.41 Å². The van der Waals surface area contributed by atoms with E-state index in [0.29, 0.717) is 0 Å². The molecule has 3 aromatic carbocycles. The number of aryl methyl sites for hydroxylation is 1. The van der Waals surface area contributed by atoms with Gasteiger partial charge in [0.2, 0.25) is 0 Å². The summed E-state index contributed by atoms with van der Waals surface area (Å²) in [5, 5.41) is 2.76. The van der Waals surface area contributed by atoms with E-state index in [-0.39, 0.29) is 5.41 Å². The molecule has 0 aromatic heterocycles. The van der Waals surface area contributed by atoms with E-state index in [9.17, 15) is 0 Å². The second kappa shape index (κ2) is 5.28. The van der Waals surface area contributed by atoms with Crippen molar-refractivity contribution < 1.29 is 0 Å². The van der Waals surface area contributed by atoms with Gasteiger partial charge in [-0.15, -0.1) is 0 Å². The fraction of sp³-hybridized carbons (Fsp3) is 0.273. The highest BCUT2D eigenvalue weighted by molar-refractivity contribution is 6.03. The molecule has 0 heteroatoms. The molecule has 0 bridgehead atoms. The largest absolute Gasteiger partial charge is 0.0683 e. The van der Waals surface area contributed by atoms with Gasteiger partial charge in [-0.1, -0.05) is 82.3 Å². The van der Waals surface area contributed by atoms with Crippen molar-refractivity contribution in [2.45, 2.75) is 40.0 Å². The second-order valence-electron chi connectivity index (χ2n) is 6.33. The molecule has 0 radical (unpaired) electrons. The molecule has 0 saturated carbocycles. The highest BCUT2D eigenvalue weighted by Gasteiger charge is 2.36. The SMILES string of the molecule is CC.Cc1cc2c(c3ccccc13)-c1ccccc1C2(C)C. The van der Waals surface area contributed by atoms with Gasteiger partial charge in [0.1, 0.15) is 0 Å². The fourth-order valence-electron chi connectivity index (χ4n) is 3.73. The van der Waals surface area contributed by atoms with E-state index in [1.807, 2.05) is 13.8 Å². The molecule has 0 heterocycles. The smallest absolute Gasteiger partial charge is 0.0159 e. The van der Waals surface area contributed by atoms with Crippen molar-refractivity contribution in [3.05, 3.63) is 71.3 Å². The summed E-state index contributed by atoms with van der Waals surface area (Å²) in [6.45, 7) is 10.9. The molecule has 0 saturated heterocycles. The van der Waals surface area contributed by atoms with Crippen molar-refractivity contribution in [1.82, 2.24) is 0 Å². The standard InChI is InChI=1S/C20H18.C2H6/c1-13-12-18-19(15-9-5-4-8-14(13)15)16-10-6-7-11-17(16)20(18,2)3;1-2/h4-12H,1-3H3;1-2H3. The number of fused-ring (bicyclic) bond motifs is 5. The molecule has 0 nitrogen and oxygen atoms in total. The Morgan fingerprint density at radius 2 is 1.32 bits per heavy atom. The third kappa shape index (κ3) is 1.90. The molecular formula is C22H24. The lowest BCUT2D eigenvalue weighted by molar-refractivity contribution is 0.660. The minimum Gasteiger partial charge on any atom is -0.0683 e. The summed E-state index contributed by atoms with van der Waals surface area (Å²) in [6, 6.07) is 20.0. The zero-order valence-electron chi connectivity index (χ0n) is 14.2. The molecule has 0 N–H and O–H groups in total. The van der Waals surface area contributed by atoms with Crippen LogP contribution in [0.4, 0.5) is 0 Å². The van der Waals surface area contributed by atoms with E-state index >= 15 is 0 Å². The van der Waals surface area contributed by atoms with Gasteiger partial charge in [0.15, 0.2) is 0 Å². The van der Waals surface area contributed by atoms with Gasteiger partial charge in [-0.3, -0.25) is 0 Å². The van der Waals surface area contributed by atoms with Crippen molar-refractivity contribution in [3.8, 4) is 11.1 Å². The van der Waals surface area contributed by atoms with E-state index in [1.165, 1.54) is 38.6 Å². The third-order valence-corrected chi connectivity index (χ3v) is 4.79. The van der Waals surface area contributed by atoms with Crippen molar-refractivity contribution in [2.75, 3.05) is 0 Å². The summed E-state index contributed by atoms with van der Waals surface area (Å²) >= 11 is 0. The number of hydrogen-bond acceptors (Lipinski definition) is 0. The maximum absolute atomic E-state index is 2.39. The predicted molar refractivity (Wildman–Crippen MR) is 97.6 cm³/mol. The Morgan fingerprint density at radius 3 is 2.05 bits per heavy atom. The molecule has 1 aliphatic rings. The zero-order chi connectivity index (χ0) is 15.9. The van der Waals surface area contributed by atoms with E-state index in [0.717, 1.165) is 0 Å². The molecule has 22 heavy (non-hydrogen) atoms. The van der Waals surface area contributed by atoms with Crippen LogP contribution in [-0.4, -0.2) is 0 Å². The first-order valence-electron chi connectivity index (χ1n) is 8.23. The predicted octanol–water partition coefficient (Wildman–Crippen LogP) is 6.48. The summed E-state index contributed by atoms with van der Waals surface area (Å²) in [4.78, 5) is 0. The maximum atomic E-state index is 2.39. The van der Waals surface area contributed by atoms with E-state index in [4.69, 9.17) is 0 Å². The first-order valence-corrected chi connectivity index (χ1v) is 8.23. The van der Waals surface area contributed by atoms with E-state index in [2.05, 4.69) is 75.4 Å². The average Bonchev–Trinajstić information content (AvgIpc) is 2.78. The number of benzene rings is 3. The van der Waals surface area contributed by atoms with Crippen LogP contribution in [0.5, 0.6) is 0 Å². The minimum atomic E-state index is 0.0979. The van der Waals surface area contributed by atoms with Crippen LogP contribution in [0, 0.1) is 6.92 Å². The van der Waals surface area contributed by atoms with Crippen LogP contribution >= 0.6 is 0 Å². The van der Waals surface area contributed by atoms with Crippen molar-refractivity contribution in [2.24, 2.45) is 0 Å². The van der Waals surface area contributed by atoms with Crippen LogP contribution in [0.25, 0.3) is 21.9 Å². The summed E-state index contributed by atoms with van der Waals surface area (Å²) in [5.41, 5.74) is 7.23. The lowest BCUT2D eigenvalue weighted by atomic mass is 9.81. The lowest BCUT2D eigenvalue weighted by Gasteiger charge is -2.22. The highest BCUT2D eigenvalue weighted by atomic mass is 14.4. The fourth-order valence-corrected chi connectivity index (χ4v) is 3.73. The summed E-state index contributed by atoms with van der Waals surface area (Å²) in [6.07, 6.45) is 0. The summed E-state index contributed by atoms with van der Waals surface area (Å²) in [5.74, 6) is 0. The Hall–Kier alpha value is -2.08. The second-order valence-corrected chi connectivity index (χ2v) is 6.33. The minimum absolute atomic E-state index is 0.0979. The number of rotatable bonds is 0. The molecule has 112 valence electrons. The van der Waals surface area contributed by atoms with Crippen LogP contribution in [0.2, 0.25) is 0 Å². The van der Waals surface area contributed by atoms with Gasteiger partial charge in [-0.25, -0.2) is 0 Å². The van der Waals surface area contributed by atoms with Crippen LogP contribution in [0.1, 0.15) is 44.4 Å². The molecule has 0 spiro atoms. The molecular weight excluding hydrogens is 264 g/mol.